The van der Waals surface area contributed by atoms with Crippen molar-refractivity contribution in [1.82, 2.24) is 4.90 Å². The molecule has 3 atom stereocenters. The Bertz CT molecular complexity index is 1740. The summed E-state index contributed by atoms with van der Waals surface area (Å²) in [6, 6.07) is 29.7. The van der Waals surface area contributed by atoms with Crippen molar-refractivity contribution >= 4 is 17.3 Å². The zero-order valence-corrected chi connectivity index (χ0v) is 22.5. The fourth-order valence-electron chi connectivity index (χ4n) is 8.16. The van der Waals surface area contributed by atoms with E-state index in [9.17, 15) is 9.59 Å². The molecular weight excluding hydrogens is 514 g/mol. The molecule has 3 aliphatic heterocycles. The number of nitrogens with zero attached hydrogens (tertiary/aromatic N) is 1. The summed E-state index contributed by atoms with van der Waals surface area (Å²) in [7, 11) is 1.61. The second kappa shape index (κ2) is 8.48. The van der Waals surface area contributed by atoms with Gasteiger partial charge in [0, 0.05) is 29.6 Å². The van der Waals surface area contributed by atoms with Crippen LogP contribution in [0.1, 0.15) is 53.7 Å². The molecule has 0 aromatic heterocycles. The number of carbonyl (C=O) groups excluding carboxylic acids is 3. The Balaban J connectivity index is 1.46. The summed E-state index contributed by atoms with van der Waals surface area (Å²) in [4.78, 5) is 47.0. The number of para-hydroxylation sites is 1. The fraction of sp³-hybridized carbons (Fsp3) is 0.229. The SMILES string of the molecule is COc1ccc([C@@H]2[C@H]3Cc4ccccc4CN3C3(C(=O)c4ccccc4C3=O)[C@]23COc2ccccc2C3=O)cc1. The van der Waals surface area contributed by atoms with Gasteiger partial charge in [0.2, 0.25) is 0 Å². The highest BCUT2D eigenvalue weighted by Crippen LogP contribution is 2.65. The number of ether oxygens (including phenoxy) is 2. The van der Waals surface area contributed by atoms with Crippen molar-refractivity contribution in [3.05, 3.63) is 130 Å². The summed E-state index contributed by atoms with van der Waals surface area (Å²) in [5.41, 5.74) is 1.03. The van der Waals surface area contributed by atoms with Gasteiger partial charge in [0.25, 0.3) is 0 Å². The maximum atomic E-state index is 15.1. The van der Waals surface area contributed by atoms with Crippen LogP contribution < -0.4 is 9.47 Å². The number of carbonyl (C=O) groups is 3. The van der Waals surface area contributed by atoms with Gasteiger partial charge in [-0.3, -0.25) is 19.3 Å². The van der Waals surface area contributed by atoms with Crippen LogP contribution in [0.3, 0.4) is 0 Å². The first-order valence-electron chi connectivity index (χ1n) is 13.9. The van der Waals surface area contributed by atoms with E-state index >= 15 is 4.79 Å². The molecule has 3 heterocycles. The maximum absolute atomic E-state index is 15.1. The highest BCUT2D eigenvalue weighted by atomic mass is 16.5. The van der Waals surface area contributed by atoms with Crippen LogP contribution in [-0.4, -0.2) is 47.5 Å². The number of hydrogen-bond acceptors (Lipinski definition) is 6. The van der Waals surface area contributed by atoms with Crippen molar-refractivity contribution in [2.45, 2.75) is 30.5 Å². The van der Waals surface area contributed by atoms with E-state index in [0.29, 0.717) is 41.2 Å². The number of rotatable bonds is 2. The molecule has 1 saturated heterocycles. The van der Waals surface area contributed by atoms with Gasteiger partial charge in [0.05, 0.1) is 12.7 Å². The lowest BCUT2D eigenvalue weighted by molar-refractivity contribution is 0.00487. The lowest BCUT2D eigenvalue weighted by Crippen LogP contribution is -2.68. The first-order chi connectivity index (χ1) is 20.0. The zero-order chi connectivity index (χ0) is 27.9. The Labute approximate surface area is 237 Å². The maximum Gasteiger partial charge on any atom is 0.193 e. The number of methoxy groups -OCH3 is 1. The van der Waals surface area contributed by atoms with Crippen LogP contribution in [0.4, 0.5) is 0 Å². The van der Waals surface area contributed by atoms with Crippen LogP contribution in [-0.2, 0) is 13.0 Å². The van der Waals surface area contributed by atoms with E-state index in [1.807, 2.05) is 42.5 Å². The van der Waals surface area contributed by atoms with Crippen molar-refractivity contribution in [2.24, 2.45) is 5.41 Å². The van der Waals surface area contributed by atoms with Crippen LogP contribution in [0.15, 0.2) is 97.1 Å². The van der Waals surface area contributed by atoms with Gasteiger partial charge in [0.15, 0.2) is 22.9 Å². The number of ketones is 3. The van der Waals surface area contributed by atoms with Crippen molar-refractivity contribution < 1.29 is 23.9 Å². The lowest BCUT2D eigenvalue weighted by atomic mass is 9.56. The molecule has 1 aliphatic carbocycles. The molecule has 41 heavy (non-hydrogen) atoms. The molecule has 6 nitrogen and oxygen atoms in total. The van der Waals surface area contributed by atoms with Gasteiger partial charge in [-0.2, -0.15) is 0 Å². The highest BCUT2D eigenvalue weighted by molar-refractivity contribution is 6.36. The third-order valence-corrected chi connectivity index (χ3v) is 9.82. The average molecular weight is 542 g/mol. The fourth-order valence-corrected chi connectivity index (χ4v) is 8.16. The molecule has 0 radical (unpaired) electrons. The summed E-state index contributed by atoms with van der Waals surface area (Å²) in [5, 5.41) is 0. The van der Waals surface area contributed by atoms with Crippen LogP contribution >= 0.6 is 0 Å². The van der Waals surface area contributed by atoms with Crippen LogP contribution in [0, 0.1) is 5.41 Å². The van der Waals surface area contributed by atoms with Gasteiger partial charge in [-0.05, 0) is 47.4 Å². The minimum atomic E-state index is -1.75. The number of fused-ring (bicyclic) bond motifs is 6. The van der Waals surface area contributed by atoms with Gasteiger partial charge in [-0.15, -0.1) is 0 Å². The summed E-state index contributed by atoms with van der Waals surface area (Å²) >= 11 is 0. The molecule has 0 unspecified atom stereocenters. The first kappa shape index (κ1) is 24.3. The second-order valence-corrected chi connectivity index (χ2v) is 11.4. The predicted molar refractivity (Wildman–Crippen MR) is 152 cm³/mol. The van der Waals surface area contributed by atoms with E-state index in [4.69, 9.17) is 9.47 Å². The molecule has 0 N–H and O–H groups in total. The Morgan fingerprint density at radius 2 is 1.34 bits per heavy atom. The Morgan fingerprint density at radius 1 is 0.732 bits per heavy atom. The number of Topliss-reactive ketones (excluding diaryl/α,β-unsaturated/α-hetero) is 3. The molecule has 2 spiro atoms. The van der Waals surface area contributed by atoms with E-state index in [0.717, 1.165) is 11.1 Å². The summed E-state index contributed by atoms with van der Waals surface area (Å²) in [6.07, 6.45) is 0.599. The molecule has 202 valence electrons. The quantitative estimate of drug-likeness (QED) is 0.321. The topological polar surface area (TPSA) is 72.9 Å². The smallest absolute Gasteiger partial charge is 0.193 e. The third kappa shape index (κ3) is 2.88. The van der Waals surface area contributed by atoms with Crippen LogP contribution in [0.2, 0.25) is 0 Å². The molecule has 4 aromatic carbocycles. The minimum absolute atomic E-state index is 0.0750. The van der Waals surface area contributed by atoms with E-state index in [1.54, 1.807) is 49.6 Å². The van der Waals surface area contributed by atoms with Crippen LogP contribution in [0.5, 0.6) is 11.5 Å². The third-order valence-electron chi connectivity index (χ3n) is 9.82. The lowest BCUT2D eigenvalue weighted by Gasteiger charge is -2.47. The molecule has 1 fully saturated rings. The molecule has 0 saturated carbocycles. The van der Waals surface area contributed by atoms with Gasteiger partial charge >= 0.3 is 0 Å². The summed E-state index contributed by atoms with van der Waals surface area (Å²) in [6.45, 7) is 0.310. The van der Waals surface area contributed by atoms with Gasteiger partial charge < -0.3 is 9.47 Å². The van der Waals surface area contributed by atoms with E-state index in [1.165, 1.54) is 5.56 Å². The summed E-state index contributed by atoms with van der Waals surface area (Å²) < 4.78 is 11.9. The van der Waals surface area contributed by atoms with E-state index in [-0.39, 0.29) is 30.0 Å². The summed E-state index contributed by atoms with van der Waals surface area (Å²) in [5.74, 6) is -0.156. The minimum Gasteiger partial charge on any atom is -0.497 e. The van der Waals surface area contributed by atoms with Gasteiger partial charge in [-0.1, -0.05) is 72.8 Å². The van der Waals surface area contributed by atoms with Gasteiger partial charge in [-0.25, -0.2) is 0 Å². The standard InChI is InChI=1S/C35H27NO5/c1-40-24-16-14-21(15-17-24)30-28-18-22-8-2-3-9-23(22)19-36(28)35(32(38)25-10-4-5-11-26(25)33(35)39)34(30)20-41-29-13-7-6-12-27(29)31(34)37/h2-17,28,30H,18-20H2,1H3/t28-,30-,34-/m1/s1. The van der Waals surface area contributed by atoms with Crippen molar-refractivity contribution in [1.29, 1.82) is 0 Å². The second-order valence-electron chi connectivity index (χ2n) is 11.4. The Kier molecular flexibility index (Phi) is 5.02. The highest BCUT2D eigenvalue weighted by Gasteiger charge is 2.80. The number of hydrogen-bond donors (Lipinski definition) is 0. The normalized spacial score (nSPS) is 25.4. The van der Waals surface area contributed by atoms with E-state index < -0.39 is 16.9 Å². The number of benzene rings is 4. The largest absolute Gasteiger partial charge is 0.497 e. The predicted octanol–water partition coefficient (Wildman–Crippen LogP) is 5.30. The average Bonchev–Trinajstić information content (AvgIpc) is 3.40. The van der Waals surface area contributed by atoms with Crippen molar-refractivity contribution in [3.8, 4) is 11.5 Å². The Hall–Kier alpha value is -4.55. The molecule has 0 amide bonds. The molecule has 0 bridgehead atoms. The zero-order valence-electron chi connectivity index (χ0n) is 22.5. The van der Waals surface area contributed by atoms with Crippen LogP contribution in [0.25, 0.3) is 0 Å². The molecule has 8 rings (SSSR count). The first-order valence-corrected chi connectivity index (χ1v) is 13.9. The van der Waals surface area contributed by atoms with Crippen molar-refractivity contribution in [2.75, 3.05) is 13.7 Å². The van der Waals surface area contributed by atoms with Crippen molar-refractivity contribution in [3.63, 3.8) is 0 Å². The monoisotopic (exact) mass is 541 g/mol. The molecular formula is C35H27NO5. The van der Waals surface area contributed by atoms with Gasteiger partial charge in [0.1, 0.15) is 23.5 Å². The molecule has 4 aliphatic rings. The molecule has 6 heteroatoms. The van der Waals surface area contributed by atoms with E-state index in [2.05, 4.69) is 17.0 Å². The molecule has 4 aromatic rings. The Morgan fingerprint density at radius 3 is 2.02 bits per heavy atom.